The van der Waals surface area contributed by atoms with Crippen LogP contribution in [0.3, 0.4) is 0 Å². The first-order valence-electron chi connectivity index (χ1n) is 6.47. The summed E-state index contributed by atoms with van der Waals surface area (Å²) < 4.78 is 0. The van der Waals surface area contributed by atoms with E-state index in [2.05, 4.69) is 6.07 Å². The molecule has 0 saturated heterocycles. The minimum Gasteiger partial charge on any atom is -0.402 e. The lowest BCUT2D eigenvalue weighted by Crippen LogP contribution is -2.17. The van der Waals surface area contributed by atoms with Gasteiger partial charge in [0, 0.05) is 16.8 Å². The van der Waals surface area contributed by atoms with Crippen molar-refractivity contribution in [2.45, 2.75) is 20.8 Å². The summed E-state index contributed by atoms with van der Waals surface area (Å²) in [5.41, 5.74) is 10.7. The molecule has 0 spiro atoms. The number of hydrogen-bond donors (Lipinski definition) is 2. The molecule has 3 heteroatoms. The highest BCUT2D eigenvalue weighted by atomic mass is 16.1. The minimum absolute atomic E-state index is 0.119. The first-order valence-corrected chi connectivity index (χ1v) is 6.47. The van der Waals surface area contributed by atoms with Crippen LogP contribution in [-0.2, 0) is 4.79 Å². The van der Waals surface area contributed by atoms with Crippen LogP contribution >= 0.6 is 0 Å². The van der Waals surface area contributed by atoms with Gasteiger partial charge in [-0.1, -0.05) is 29.8 Å². The van der Waals surface area contributed by atoms with E-state index in [1.54, 1.807) is 13.0 Å². The molecular formula is C17H18N2O. The second-order valence-electron chi connectivity index (χ2n) is 5.06. The van der Waals surface area contributed by atoms with Crippen LogP contribution in [0.25, 0.3) is 5.57 Å². The lowest BCUT2D eigenvalue weighted by atomic mass is 9.87. The molecule has 0 amide bonds. The van der Waals surface area contributed by atoms with E-state index in [0.717, 1.165) is 16.7 Å². The maximum atomic E-state index is 11.7. The molecule has 1 aliphatic carbocycles. The van der Waals surface area contributed by atoms with Crippen LogP contribution in [0.2, 0.25) is 0 Å². The number of rotatable bonds is 2. The van der Waals surface area contributed by atoms with Crippen molar-refractivity contribution < 1.29 is 4.79 Å². The number of ketones is 1. The molecule has 0 saturated carbocycles. The van der Waals surface area contributed by atoms with Crippen molar-refractivity contribution in [1.82, 2.24) is 0 Å². The fourth-order valence-corrected chi connectivity index (χ4v) is 2.22. The van der Waals surface area contributed by atoms with E-state index >= 15 is 0 Å². The molecular weight excluding hydrogens is 248 g/mol. The van der Waals surface area contributed by atoms with Crippen molar-refractivity contribution in [1.29, 1.82) is 5.41 Å². The highest BCUT2D eigenvalue weighted by Crippen LogP contribution is 2.28. The summed E-state index contributed by atoms with van der Waals surface area (Å²) in [6.45, 7) is 5.25. The number of benzene rings is 1. The van der Waals surface area contributed by atoms with E-state index < -0.39 is 0 Å². The zero-order chi connectivity index (χ0) is 14.9. The topological polar surface area (TPSA) is 66.9 Å². The summed E-state index contributed by atoms with van der Waals surface area (Å²) in [5.74, 6) is -0.119. The van der Waals surface area contributed by atoms with Crippen LogP contribution < -0.4 is 5.73 Å². The van der Waals surface area contributed by atoms with Gasteiger partial charge in [0.15, 0.2) is 5.78 Å². The third-order valence-corrected chi connectivity index (χ3v) is 3.29. The van der Waals surface area contributed by atoms with Gasteiger partial charge in [-0.25, -0.2) is 0 Å². The summed E-state index contributed by atoms with van der Waals surface area (Å²) in [4.78, 5) is 11.7. The van der Waals surface area contributed by atoms with Gasteiger partial charge in [-0.15, -0.1) is 0 Å². The van der Waals surface area contributed by atoms with E-state index in [4.69, 9.17) is 11.1 Å². The van der Waals surface area contributed by atoms with Gasteiger partial charge in [-0.05, 0) is 44.1 Å². The maximum Gasteiger partial charge on any atom is 0.161 e. The van der Waals surface area contributed by atoms with Gasteiger partial charge in [0.05, 0.1) is 5.71 Å². The first-order chi connectivity index (χ1) is 9.40. The summed E-state index contributed by atoms with van der Waals surface area (Å²) >= 11 is 0. The average molecular weight is 266 g/mol. The maximum absolute atomic E-state index is 11.7. The quantitative estimate of drug-likeness (QED) is 0.863. The highest BCUT2D eigenvalue weighted by Gasteiger charge is 2.20. The molecule has 20 heavy (non-hydrogen) atoms. The first kappa shape index (κ1) is 14.0. The molecule has 102 valence electrons. The zero-order valence-corrected chi connectivity index (χ0v) is 11.9. The zero-order valence-electron chi connectivity index (χ0n) is 11.9. The Labute approximate surface area is 119 Å². The predicted molar refractivity (Wildman–Crippen MR) is 82.5 cm³/mol. The van der Waals surface area contributed by atoms with Crippen LogP contribution in [0, 0.1) is 12.3 Å². The Morgan fingerprint density at radius 3 is 2.45 bits per heavy atom. The van der Waals surface area contributed by atoms with E-state index in [-0.39, 0.29) is 11.5 Å². The molecule has 0 atom stereocenters. The van der Waals surface area contributed by atoms with Crippen LogP contribution in [0.5, 0.6) is 0 Å². The van der Waals surface area contributed by atoms with E-state index in [0.29, 0.717) is 16.8 Å². The standard InChI is InChI=1S/C17H18N2O/c1-10-5-4-6-13(7-10)14-8-15(11(2)18)17(19)16(9-14)12(3)20/h4-9,19H,18H2,1-3H3/b15-11-,19-17?. The lowest BCUT2D eigenvalue weighted by Gasteiger charge is -2.17. The molecule has 0 unspecified atom stereocenters. The fourth-order valence-electron chi connectivity index (χ4n) is 2.22. The molecule has 3 nitrogen and oxygen atoms in total. The number of carbonyl (C=O) groups excluding carboxylic acids is 1. The van der Waals surface area contributed by atoms with E-state index in [1.165, 1.54) is 6.92 Å². The average Bonchev–Trinajstić information content (AvgIpc) is 2.38. The summed E-state index contributed by atoms with van der Waals surface area (Å²) in [5, 5.41) is 8.09. The Bertz CT molecular complexity index is 687. The van der Waals surface area contributed by atoms with Crippen molar-refractivity contribution in [2.75, 3.05) is 0 Å². The molecule has 0 radical (unpaired) electrons. The Hall–Kier alpha value is -2.42. The van der Waals surface area contributed by atoms with Crippen molar-refractivity contribution in [3.8, 4) is 0 Å². The largest absolute Gasteiger partial charge is 0.402 e. The van der Waals surface area contributed by atoms with Crippen LogP contribution in [-0.4, -0.2) is 11.5 Å². The van der Waals surface area contributed by atoms with E-state index in [9.17, 15) is 4.79 Å². The summed E-state index contributed by atoms with van der Waals surface area (Å²) in [6, 6.07) is 8.05. The normalized spacial score (nSPS) is 17.4. The predicted octanol–water partition coefficient (Wildman–Crippen LogP) is 3.16. The summed E-state index contributed by atoms with van der Waals surface area (Å²) in [7, 11) is 0. The van der Waals surface area contributed by atoms with Crippen LogP contribution in [0.1, 0.15) is 25.0 Å². The van der Waals surface area contributed by atoms with Gasteiger partial charge in [0.25, 0.3) is 0 Å². The Morgan fingerprint density at radius 2 is 1.90 bits per heavy atom. The van der Waals surface area contributed by atoms with Gasteiger partial charge >= 0.3 is 0 Å². The third kappa shape index (κ3) is 2.62. The summed E-state index contributed by atoms with van der Waals surface area (Å²) in [6.07, 6.45) is 3.64. The Morgan fingerprint density at radius 1 is 1.20 bits per heavy atom. The Balaban J connectivity index is 2.62. The molecule has 1 aromatic carbocycles. The molecule has 0 heterocycles. The van der Waals surface area contributed by atoms with Crippen molar-refractivity contribution >= 4 is 17.1 Å². The van der Waals surface area contributed by atoms with Crippen LogP contribution in [0.4, 0.5) is 0 Å². The molecule has 1 aromatic rings. The van der Waals surface area contributed by atoms with Gasteiger partial charge in [-0.2, -0.15) is 0 Å². The lowest BCUT2D eigenvalue weighted by molar-refractivity contribution is -0.113. The second kappa shape index (κ2) is 5.29. The van der Waals surface area contributed by atoms with Crippen molar-refractivity contribution in [3.63, 3.8) is 0 Å². The van der Waals surface area contributed by atoms with E-state index in [1.807, 2.05) is 31.2 Å². The molecule has 2 rings (SSSR count). The minimum atomic E-state index is -0.119. The second-order valence-corrected chi connectivity index (χ2v) is 5.06. The highest BCUT2D eigenvalue weighted by molar-refractivity contribution is 6.30. The van der Waals surface area contributed by atoms with Crippen molar-refractivity contribution in [2.24, 2.45) is 5.73 Å². The van der Waals surface area contributed by atoms with Gasteiger partial charge in [0.1, 0.15) is 0 Å². The van der Waals surface area contributed by atoms with Crippen molar-refractivity contribution in [3.05, 3.63) is 64.4 Å². The third-order valence-electron chi connectivity index (χ3n) is 3.29. The number of aryl methyl sites for hydroxylation is 1. The smallest absolute Gasteiger partial charge is 0.161 e. The molecule has 1 aliphatic rings. The molecule has 0 fully saturated rings. The SMILES string of the molecule is CC(=O)C1=CC(c2cccc(C)c2)=C/C(=C(\C)N)C1=N. The fraction of sp³-hybridized carbons (Fsp3) is 0.176. The van der Waals surface area contributed by atoms with Gasteiger partial charge in [0.2, 0.25) is 0 Å². The molecule has 0 aliphatic heterocycles. The van der Waals surface area contributed by atoms with Gasteiger partial charge < -0.3 is 5.73 Å². The number of nitrogens with two attached hydrogens (primary N) is 1. The number of hydrogen-bond acceptors (Lipinski definition) is 3. The molecule has 3 N–H and O–H groups in total. The number of allylic oxidation sites excluding steroid dienone is 6. The number of Topliss-reactive ketones (excluding diaryl/α,β-unsaturated/α-hetero) is 1. The monoisotopic (exact) mass is 266 g/mol. The molecule has 0 bridgehead atoms. The van der Waals surface area contributed by atoms with Gasteiger partial charge in [-0.3, -0.25) is 10.2 Å². The Kier molecular flexibility index (Phi) is 3.70. The number of nitrogens with one attached hydrogen (secondary N) is 1. The number of carbonyl (C=O) groups is 1. The molecule has 0 aromatic heterocycles. The van der Waals surface area contributed by atoms with Crippen LogP contribution in [0.15, 0.2) is 53.3 Å².